The van der Waals surface area contributed by atoms with Crippen LogP contribution in [0.2, 0.25) is 0 Å². The van der Waals surface area contributed by atoms with Crippen molar-refractivity contribution in [1.82, 2.24) is 4.98 Å². The maximum Gasteiger partial charge on any atom is 0.0506 e. The summed E-state index contributed by atoms with van der Waals surface area (Å²) in [5, 5.41) is 0. The van der Waals surface area contributed by atoms with Gasteiger partial charge in [-0.3, -0.25) is 4.98 Å². The first-order chi connectivity index (χ1) is 8.95. The minimum atomic E-state index is 0.798. The molecule has 0 amide bonds. The Balaban J connectivity index is 1.54. The molecule has 2 nitrogen and oxygen atoms in total. The molecule has 0 aliphatic carbocycles. The van der Waals surface area contributed by atoms with E-state index >= 15 is 0 Å². The summed E-state index contributed by atoms with van der Waals surface area (Å²) < 4.78 is 5.63. The van der Waals surface area contributed by atoms with E-state index in [9.17, 15) is 0 Å². The Morgan fingerprint density at radius 2 is 1.67 bits per heavy atom. The van der Waals surface area contributed by atoms with E-state index in [-0.39, 0.29) is 0 Å². The standard InChI is InChI=1S/C16H19NO/c1-2-7-15(8-3-1)11-14-18-13-6-10-16-9-4-5-12-17-16/h1-5,7-9,12H,6,10-11,13-14H2. The van der Waals surface area contributed by atoms with Gasteiger partial charge >= 0.3 is 0 Å². The summed E-state index contributed by atoms with van der Waals surface area (Å²) >= 11 is 0. The number of hydrogen-bond donors (Lipinski definition) is 0. The average molecular weight is 241 g/mol. The molecule has 0 atom stereocenters. The highest BCUT2D eigenvalue weighted by Crippen LogP contribution is 2.01. The number of aromatic nitrogens is 1. The van der Waals surface area contributed by atoms with Crippen molar-refractivity contribution >= 4 is 0 Å². The molecule has 0 saturated heterocycles. The van der Waals surface area contributed by atoms with E-state index < -0.39 is 0 Å². The van der Waals surface area contributed by atoms with Crippen LogP contribution in [0.5, 0.6) is 0 Å². The highest BCUT2D eigenvalue weighted by molar-refractivity contribution is 5.14. The summed E-state index contributed by atoms with van der Waals surface area (Å²) in [4.78, 5) is 4.29. The van der Waals surface area contributed by atoms with Crippen molar-refractivity contribution in [3.63, 3.8) is 0 Å². The first-order valence-corrected chi connectivity index (χ1v) is 6.47. The van der Waals surface area contributed by atoms with Gasteiger partial charge in [-0.05, 0) is 37.0 Å². The van der Waals surface area contributed by atoms with Gasteiger partial charge < -0.3 is 4.74 Å². The SMILES string of the molecule is c1ccc(CCOCCCc2ccccn2)cc1. The molecular formula is C16H19NO. The van der Waals surface area contributed by atoms with Gasteiger partial charge in [-0.15, -0.1) is 0 Å². The molecule has 0 saturated carbocycles. The van der Waals surface area contributed by atoms with Crippen LogP contribution in [0.4, 0.5) is 0 Å². The Kier molecular flexibility index (Phi) is 5.41. The second kappa shape index (κ2) is 7.62. The summed E-state index contributed by atoms with van der Waals surface area (Å²) in [5.41, 5.74) is 2.48. The van der Waals surface area contributed by atoms with E-state index in [1.807, 2.05) is 24.4 Å². The summed E-state index contributed by atoms with van der Waals surface area (Å²) in [6.07, 6.45) is 4.86. The third-order valence-electron chi connectivity index (χ3n) is 2.83. The third kappa shape index (κ3) is 4.68. The smallest absolute Gasteiger partial charge is 0.0506 e. The summed E-state index contributed by atoms with van der Waals surface area (Å²) in [5.74, 6) is 0. The fourth-order valence-corrected chi connectivity index (χ4v) is 1.84. The molecule has 2 rings (SSSR count). The van der Waals surface area contributed by atoms with E-state index in [1.165, 1.54) is 5.56 Å². The normalized spacial score (nSPS) is 10.4. The van der Waals surface area contributed by atoms with E-state index in [1.54, 1.807) is 0 Å². The Morgan fingerprint density at radius 1 is 0.833 bits per heavy atom. The second-order valence-electron chi connectivity index (χ2n) is 4.27. The number of ether oxygens (including phenoxy) is 1. The average Bonchev–Trinajstić information content (AvgIpc) is 2.45. The van der Waals surface area contributed by atoms with Crippen molar-refractivity contribution in [1.29, 1.82) is 0 Å². The zero-order valence-electron chi connectivity index (χ0n) is 10.6. The Bertz CT molecular complexity index is 384. The van der Waals surface area contributed by atoms with E-state index in [2.05, 4.69) is 35.3 Å². The van der Waals surface area contributed by atoms with Crippen LogP contribution in [-0.4, -0.2) is 18.2 Å². The molecule has 1 heterocycles. The second-order valence-corrected chi connectivity index (χ2v) is 4.27. The first kappa shape index (κ1) is 12.8. The molecule has 0 unspecified atom stereocenters. The van der Waals surface area contributed by atoms with Crippen molar-refractivity contribution in [2.24, 2.45) is 0 Å². The number of hydrogen-bond acceptors (Lipinski definition) is 2. The van der Waals surface area contributed by atoms with Crippen LogP contribution in [0.25, 0.3) is 0 Å². The number of nitrogens with zero attached hydrogens (tertiary/aromatic N) is 1. The molecule has 0 spiro atoms. The minimum absolute atomic E-state index is 0.798. The number of rotatable bonds is 7. The van der Waals surface area contributed by atoms with Crippen LogP contribution < -0.4 is 0 Å². The highest BCUT2D eigenvalue weighted by Gasteiger charge is 1.95. The van der Waals surface area contributed by atoms with Gasteiger partial charge in [-0.1, -0.05) is 36.4 Å². The van der Waals surface area contributed by atoms with Crippen molar-refractivity contribution in [3.8, 4) is 0 Å². The van der Waals surface area contributed by atoms with Crippen LogP contribution in [0.3, 0.4) is 0 Å². The molecule has 1 aromatic heterocycles. The van der Waals surface area contributed by atoms with Crippen molar-refractivity contribution < 1.29 is 4.74 Å². The molecule has 0 aliphatic rings. The van der Waals surface area contributed by atoms with Gasteiger partial charge in [-0.2, -0.15) is 0 Å². The Labute approximate surface area is 109 Å². The lowest BCUT2D eigenvalue weighted by Crippen LogP contribution is -2.02. The number of pyridine rings is 1. The van der Waals surface area contributed by atoms with Gasteiger partial charge in [0.05, 0.1) is 6.61 Å². The van der Waals surface area contributed by atoms with E-state index in [0.29, 0.717) is 0 Å². The van der Waals surface area contributed by atoms with Crippen LogP contribution in [0.15, 0.2) is 54.7 Å². The third-order valence-corrected chi connectivity index (χ3v) is 2.83. The summed E-state index contributed by atoms with van der Waals surface area (Å²) in [6.45, 7) is 1.61. The van der Waals surface area contributed by atoms with Crippen molar-refractivity contribution in [2.75, 3.05) is 13.2 Å². The lowest BCUT2D eigenvalue weighted by Gasteiger charge is -2.04. The molecule has 94 valence electrons. The number of benzene rings is 1. The van der Waals surface area contributed by atoms with Gasteiger partial charge in [0.2, 0.25) is 0 Å². The van der Waals surface area contributed by atoms with Crippen molar-refractivity contribution in [3.05, 3.63) is 66.0 Å². The Hall–Kier alpha value is -1.67. The van der Waals surface area contributed by atoms with Crippen LogP contribution in [-0.2, 0) is 17.6 Å². The monoisotopic (exact) mass is 241 g/mol. The molecule has 1 aromatic carbocycles. The van der Waals surface area contributed by atoms with E-state index in [4.69, 9.17) is 4.74 Å². The van der Waals surface area contributed by atoms with Crippen LogP contribution >= 0.6 is 0 Å². The molecule has 0 bridgehead atoms. The molecule has 0 aliphatic heterocycles. The molecule has 2 aromatic rings. The fraction of sp³-hybridized carbons (Fsp3) is 0.312. The molecule has 18 heavy (non-hydrogen) atoms. The zero-order valence-corrected chi connectivity index (χ0v) is 10.6. The van der Waals surface area contributed by atoms with Gasteiger partial charge in [0.15, 0.2) is 0 Å². The van der Waals surface area contributed by atoms with Gasteiger partial charge in [0.1, 0.15) is 0 Å². The fourth-order valence-electron chi connectivity index (χ4n) is 1.84. The largest absolute Gasteiger partial charge is 0.381 e. The van der Waals surface area contributed by atoms with Gasteiger partial charge in [0, 0.05) is 18.5 Å². The predicted molar refractivity (Wildman–Crippen MR) is 73.5 cm³/mol. The van der Waals surface area contributed by atoms with E-state index in [0.717, 1.165) is 38.2 Å². The van der Waals surface area contributed by atoms with Gasteiger partial charge in [-0.25, -0.2) is 0 Å². The molecule has 0 radical (unpaired) electrons. The maximum absolute atomic E-state index is 5.63. The molecule has 0 fully saturated rings. The summed E-state index contributed by atoms with van der Waals surface area (Å²) in [6, 6.07) is 16.5. The lowest BCUT2D eigenvalue weighted by atomic mass is 10.2. The minimum Gasteiger partial charge on any atom is -0.381 e. The summed E-state index contributed by atoms with van der Waals surface area (Å²) in [7, 11) is 0. The molecule has 2 heteroatoms. The Morgan fingerprint density at radius 3 is 2.44 bits per heavy atom. The molecular weight excluding hydrogens is 222 g/mol. The predicted octanol–water partition coefficient (Wildman–Crippen LogP) is 3.27. The maximum atomic E-state index is 5.63. The number of aryl methyl sites for hydroxylation is 1. The quantitative estimate of drug-likeness (QED) is 0.694. The lowest BCUT2D eigenvalue weighted by molar-refractivity contribution is 0.135. The van der Waals surface area contributed by atoms with Crippen LogP contribution in [0, 0.1) is 0 Å². The van der Waals surface area contributed by atoms with Crippen molar-refractivity contribution in [2.45, 2.75) is 19.3 Å². The highest BCUT2D eigenvalue weighted by atomic mass is 16.5. The topological polar surface area (TPSA) is 22.1 Å². The van der Waals surface area contributed by atoms with Gasteiger partial charge in [0.25, 0.3) is 0 Å². The van der Waals surface area contributed by atoms with Crippen LogP contribution in [0.1, 0.15) is 17.7 Å². The zero-order chi connectivity index (χ0) is 12.5. The first-order valence-electron chi connectivity index (χ1n) is 6.47. The molecule has 0 N–H and O–H groups in total.